The number of hydrogen-bond acceptors (Lipinski definition) is 5. The number of nitrogens with zero attached hydrogens (tertiary/aromatic N) is 1. The standard InChI is InChI=1S/C7H12N4O3/c12-4(13)1-11-3-10-5-6(11)8-2-9-7(5)14/h5-6,8,10H,1-3H2,(H,9,14)(H,12,13). The van der Waals surface area contributed by atoms with Crippen LogP contribution < -0.4 is 16.0 Å². The molecule has 1 amide bonds. The van der Waals surface area contributed by atoms with E-state index in [-0.39, 0.29) is 24.7 Å². The second kappa shape index (κ2) is 3.52. The molecular weight excluding hydrogens is 188 g/mol. The molecule has 0 aromatic heterocycles. The summed E-state index contributed by atoms with van der Waals surface area (Å²) in [5.41, 5.74) is 0. The highest BCUT2D eigenvalue weighted by Crippen LogP contribution is 2.10. The Hall–Kier alpha value is -1.18. The zero-order valence-electron chi connectivity index (χ0n) is 7.49. The van der Waals surface area contributed by atoms with Crippen LogP contribution in [0.2, 0.25) is 0 Å². The molecule has 2 aliphatic rings. The molecule has 7 heteroatoms. The van der Waals surface area contributed by atoms with Crippen LogP contribution in [0.15, 0.2) is 0 Å². The third kappa shape index (κ3) is 1.57. The van der Waals surface area contributed by atoms with Crippen LogP contribution in [0.4, 0.5) is 0 Å². The summed E-state index contributed by atoms with van der Waals surface area (Å²) in [5.74, 6) is -0.970. The van der Waals surface area contributed by atoms with Gasteiger partial charge in [0.15, 0.2) is 0 Å². The zero-order valence-corrected chi connectivity index (χ0v) is 7.49. The lowest BCUT2D eigenvalue weighted by Crippen LogP contribution is -2.62. The summed E-state index contributed by atoms with van der Waals surface area (Å²) in [6, 6.07) is -0.344. The van der Waals surface area contributed by atoms with Crippen LogP contribution in [0.25, 0.3) is 0 Å². The largest absolute Gasteiger partial charge is 0.480 e. The van der Waals surface area contributed by atoms with Crippen LogP contribution >= 0.6 is 0 Å². The molecule has 2 aliphatic heterocycles. The first-order valence-electron chi connectivity index (χ1n) is 4.39. The van der Waals surface area contributed by atoms with Crippen molar-refractivity contribution in [1.29, 1.82) is 0 Å². The van der Waals surface area contributed by atoms with Gasteiger partial charge in [0, 0.05) is 0 Å². The van der Waals surface area contributed by atoms with Crippen molar-refractivity contribution in [2.75, 3.05) is 19.9 Å². The fourth-order valence-electron chi connectivity index (χ4n) is 1.80. The number of nitrogens with one attached hydrogen (secondary N) is 3. The first-order valence-corrected chi connectivity index (χ1v) is 4.39. The normalized spacial score (nSPS) is 32.4. The molecule has 0 spiro atoms. The van der Waals surface area contributed by atoms with Crippen molar-refractivity contribution in [3.8, 4) is 0 Å². The molecular formula is C7H12N4O3. The molecule has 2 heterocycles. The van der Waals surface area contributed by atoms with Crippen molar-refractivity contribution in [3.05, 3.63) is 0 Å². The Morgan fingerprint density at radius 3 is 3.07 bits per heavy atom. The number of fused-ring (bicyclic) bond motifs is 1. The van der Waals surface area contributed by atoms with E-state index in [0.29, 0.717) is 13.3 Å². The molecule has 2 saturated heterocycles. The van der Waals surface area contributed by atoms with Crippen LogP contribution in [-0.4, -0.2) is 54.0 Å². The number of carbonyl (C=O) groups excluding carboxylic acids is 1. The Bertz CT molecular complexity index is 270. The molecule has 4 N–H and O–H groups in total. The number of rotatable bonds is 2. The summed E-state index contributed by atoms with van der Waals surface area (Å²) in [6.07, 6.45) is -0.208. The van der Waals surface area contributed by atoms with E-state index in [1.165, 1.54) is 0 Å². The lowest BCUT2D eigenvalue weighted by molar-refractivity contribution is -0.139. The maximum atomic E-state index is 11.3. The van der Waals surface area contributed by atoms with Crippen molar-refractivity contribution < 1.29 is 14.7 Å². The average Bonchev–Trinajstić information content (AvgIpc) is 2.49. The van der Waals surface area contributed by atoms with Crippen LogP contribution in [0.5, 0.6) is 0 Å². The number of carboxylic acid groups (broad SMARTS) is 1. The Morgan fingerprint density at radius 2 is 2.36 bits per heavy atom. The summed E-state index contributed by atoms with van der Waals surface area (Å²) in [5, 5.41) is 17.3. The monoisotopic (exact) mass is 200 g/mol. The molecule has 14 heavy (non-hydrogen) atoms. The van der Waals surface area contributed by atoms with E-state index >= 15 is 0 Å². The van der Waals surface area contributed by atoms with Crippen LogP contribution in [-0.2, 0) is 9.59 Å². The van der Waals surface area contributed by atoms with Crippen molar-refractivity contribution >= 4 is 11.9 Å². The van der Waals surface area contributed by atoms with Crippen LogP contribution in [0.3, 0.4) is 0 Å². The van der Waals surface area contributed by atoms with Gasteiger partial charge in [-0.3, -0.25) is 25.1 Å². The minimum atomic E-state index is -0.889. The number of hydrogen-bond donors (Lipinski definition) is 4. The molecule has 0 aromatic carbocycles. The molecule has 0 aromatic rings. The van der Waals surface area contributed by atoms with Gasteiger partial charge in [-0.1, -0.05) is 0 Å². The second-order valence-corrected chi connectivity index (χ2v) is 3.35. The zero-order chi connectivity index (χ0) is 10.1. The first kappa shape index (κ1) is 9.38. The lowest BCUT2D eigenvalue weighted by Gasteiger charge is -2.30. The minimum Gasteiger partial charge on any atom is -0.480 e. The van der Waals surface area contributed by atoms with E-state index < -0.39 is 5.97 Å². The fraction of sp³-hybridized carbons (Fsp3) is 0.714. The van der Waals surface area contributed by atoms with Gasteiger partial charge in [0.25, 0.3) is 0 Å². The summed E-state index contributed by atoms with van der Waals surface area (Å²) in [6.45, 7) is 0.744. The Kier molecular flexibility index (Phi) is 2.36. The maximum absolute atomic E-state index is 11.3. The lowest BCUT2D eigenvalue weighted by atomic mass is 10.2. The molecule has 2 unspecified atom stereocenters. The number of amides is 1. The van der Waals surface area contributed by atoms with Gasteiger partial charge in [-0.05, 0) is 0 Å². The molecule has 2 fully saturated rings. The van der Waals surface area contributed by atoms with Gasteiger partial charge in [0.2, 0.25) is 5.91 Å². The highest BCUT2D eigenvalue weighted by atomic mass is 16.4. The van der Waals surface area contributed by atoms with Crippen LogP contribution in [0.1, 0.15) is 0 Å². The quantitative estimate of drug-likeness (QED) is 0.388. The van der Waals surface area contributed by atoms with E-state index in [1.807, 2.05) is 0 Å². The molecule has 2 atom stereocenters. The predicted molar refractivity (Wildman–Crippen MR) is 46.1 cm³/mol. The molecule has 0 radical (unpaired) electrons. The summed E-state index contributed by atoms with van der Waals surface area (Å²) in [4.78, 5) is 23.5. The van der Waals surface area contributed by atoms with Crippen molar-refractivity contribution in [3.63, 3.8) is 0 Å². The van der Waals surface area contributed by atoms with E-state index in [9.17, 15) is 9.59 Å². The first-order chi connectivity index (χ1) is 6.68. The highest BCUT2D eigenvalue weighted by molar-refractivity contribution is 5.83. The molecule has 0 saturated carbocycles. The minimum absolute atomic E-state index is 0.0611. The summed E-state index contributed by atoms with van der Waals surface area (Å²) in [7, 11) is 0. The number of carboxylic acids is 1. The van der Waals surface area contributed by atoms with E-state index in [4.69, 9.17) is 5.11 Å². The van der Waals surface area contributed by atoms with Gasteiger partial charge < -0.3 is 10.4 Å². The average molecular weight is 200 g/mol. The van der Waals surface area contributed by atoms with E-state index in [2.05, 4.69) is 16.0 Å². The highest BCUT2D eigenvalue weighted by Gasteiger charge is 2.40. The van der Waals surface area contributed by atoms with E-state index in [0.717, 1.165) is 0 Å². The van der Waals surface area contributed by atoms with Gasteiger partial charge >= 0.3 is 5.97 Å². The van der Waals surface area contributed by atoms with Gasteiger partial charge in [-0.2, -0.15) is 0 Å². The molecule has 0 aliphatic carbocycles. The van der Waals surface area contributed by atoms with E-state index in [1.54, 1.807) is 4.90 Å². The SMILES string of the molecule is O=C(O)CN1CNC2C(=O)NCNC21. The smallest absolute Gasteiger partial charge is 0.317 e. The predicted octanol–water partition coefficient (Wildman–Crippen LogP) is -2.69. The van der Waals surface area contributed by atoms with Gasteiger partial charge in [-0.15, -0.1) is 0 Å². The molecule has 0 bridgehead atoms. The molecule has 2 rings (SSSR count). The van der Waals surface area contributed by atoms with Gasteiger partial charge in [-0.25, -0.2) is 0 Å². The van der Waals surface area contributed by atoms with Crippen molar-refractivity contribution in [2.24, 2.45) is 0 Å². The number of carbonyl (C=O) groups is 2. The summed E-state index contributed by atoms with van der Waals surface area (Å²) < 4.78 is 0. The number of aliphatic carboxylic acids is 1. The summed E-state index contributed by atoms with van der Waals surface area (Å²) >= 11 is 0. The topological polar surface area (TPSA) is 93.7 Å². The second-order valence-electron chi connectivity index (χ2n) is 3.35. The fourth-order valence-corrected chi connectivity index (χ4v) is 1.80. The van der Waals surface area contributed by atoms with Crippen LogP contribution in [0, 0.1) is 0 Å². The molecule has 78 valence electrons. The maximum Gasteiger partial charge on any atom is 0.317 e. The van der Waals surface area contributed by atoms with Crippen molar-refractivity contribution in [2.45, 2.75) is 12.2 Å². The third-order valence-electron chi connectivity index (χ3n) is 2.42. The Labute approximate surface area is 80.4 Å². The third-order valence-corrected chi connectivity index (χ3v) is 2.42. The van der Waals surface area contributed by atoms with Gasteiger partial charge in [0.05, 0.1) is 26.0 Å². The van der Waals surface area contributed by atoms with Crippen molar-refractivity contribution in [1.82, 2.24) is 20.9 Å². The Balaban J connectivity index is 2.03. The molecule has 7 nitrogen and oxygen atoms in total. The Morgan fingerprint density at radius 1 is 1.57 bits per heavy atom. The van der Waals surface area contributed by atoms with Gasteiger partial charge in [0.1, 0.15) is 6.04 Å².